The highest BCUT2D eigenvalue weighted by molar-refractivity contribution is 5.87. The van der Waals surface area contributed by atoms with Gasteiger partial charge in [-0.2, -0.15) is 18.3 Å². The highest BCUT2D eigenvalue weighted by Gasteiger charge is 2.35. The molecule has 2 aromatic rings. The van der Waals surface area contributed by atoms with Gasteiger partial charge in [0.1, 0.15) is 5.82 Å². The average Bonchev–Trinajstić information content (AvgIpc) is 2.71. The summed E-state index contributed by atoms with van der Waals surface area (Å²) in [5.74, 6) is -0.143. The van der Waals surface area contributed by atoms with Crippen LogP contribution in [0, 0.1) is 6.92 Å². The van der Waals surface area contributed by atoms with E-state index >= 15 is 0 Å². The number of anilines is 1. The fraction of sp³-hybridized carbons (Fsp3) is 0.167. The molecule has 0 saturated heterocycles. The summed E-state index contributed by atoms with van der Waals surface area (Å²) in [6.07, 6.45) is -4.61. The van der Waals surface area contributed by atoms with Gasteiger partial charge in [-0.05, 0) is 24.6 Å². The van der Waals surface area contributed by atoms with Gasteiger partial charge < -0.3 is 5.73 Å². The summed E-state index contributed by atoms with van der Waals surface area (Å²) in [7, 11) is 0. The van der Waals surface area contributed by atoms with Gasteiger partial charge in [0.05, 0.1) is 5.69 Å². The summed E-state index contributed by atoms with van der Waals surface area (Å²) in [6, 6.07) is 6.44. The van der Waals surface area contributed by atoms with E-state index in [0.717, 1.165) is 16.3 Å². The SMILES string of the molecule is Cc1cccc(-n2nc(C(F)(F)F)cc2NC(N)=O)c1. The van der Waals surface area contributed by atoms with E-state index in [0.29, 0.717) is 5.69 Å². The number of primary amides is 1. The molecule has 0 aliphatic rings. The Morgan fingerprint density at radius 2 is 2.05 bits per heavy atom. The predicted molar refractivity (Wildman–Crippen MR) is 66.5 cm³/mol. The van der Waals surface area contributed by atoms with Crippen LogP contribution in [0.5, 0.6) is 0 Å². The van der Waals surface area contributed by atoms with E-state index in [4.69, 9.17) is 5.73 Å². The quantitative estimate of drug-likeness (QED) is 0.889. The zero-order valence-corrected chi connectivity index (χ0v) is 10.4. The molecule has 0 bridgehead atoms. The van der Waals surface area contributed by atoms with E-state index in [-0.39, 0.29) is 5.82 Å². The van der Waals surface area contributed by atoms with Crippen molar-refractivity contribution in [3.8, 4) is 5.69 Å². The molecule has 8 heteroatoms. The number of hydrogen-bond acceptors (Lipinski definition) is 2. The Labute approximate surface area is 112 Å². The van der Waals surface area contributed by atoms with Crippen molar-refractivity contribution in [2.45, 2.75) is 13.1 Å². The Hall–Kier alpha value is -2.51. The van der Waals surface area contributed by atoms with Crippen molar-refractivity contribution in [3.05, 3.63) is 41.6 Å². The number of nitrogens with zero attached hydrogens (tertiary/aromatic N) is 2. The molecule has 2 rings (SSSR count). The Balaban J connectivity index is 2.55. The molecule has 0 saturated carbocycles. The van der Waals surface area contributed by atoms with E-state index < -0.39 is 17.9 Å². The first-order valence-corrected chi connectivity index (χ1v) is 5.58. The van der Waals surface area contributed by atoms with Crippen molar-refractivity contribution < 1.29 is 18.0 Å². The molecule has 0 spiro atoms. The number of urea groups is 1. The molecule has 2 amide bonds. The van der Waals surface area contributed by atoms with E-state index in [2.05, 4.69) is 10.4 Å². The third-order valence-corrected chi connectivity index (χ3v) is 2.50. The van der Waals surface area contributed by atoms with Gasteiger partial charge in [-0.3, -0.25) is 5.32 Å². The molecule has 0 atom stereocenters. The minimum atomic E-state index is -4.61. The summed E-state index contributed by atoms with van der Waals surface area (Å²) >= 11 is 0. The normalized spacial score (nSPS) is 11.4. The maximum atomic E-state index is 12.7. The number of rotatable bonds is 2. The summed E-state index contributed by atoms with van der Waals surface area (Å²) in [5.41, 5.74) is 5.08. The number of benzene rings is 1. The van der Waals surface area contributed by atoms with Crippen LogP contribution in [-0.2, 0) is 6.18 Å². The van der Waals surface area contributed by atoms with Crippen LogP contribution in [0.4, 0.5) is 23.8 Å². The first kappa shape index (κ1) is 13.9. The van der Waals surface area contributed by atoms with Crippen LogP contribution >= 0.6 is 0 Å². The van der Waals surface area contributed by atoms with Crippen molar-refractivity contribution in [3.63, 3.8) is 0 Å². The molecule has 0 fully saturated rings. The third kappa shape index (κ3) is 2.90. The highest BCUT2D eigenvalue weighted by Crippen LogP contribution is 2.31. The number of amides is 2. The fourth-order valence-corrected chi connectivity index (χ4v) is 1.69. The van der Waals surface area contributed by atoms with Gasteiger partial charge in [0.25, 0.3) is 0 Å². The second-order valence-corrected chi connectivity index (χ2v) is 4.15. The van der Waals surface area contributed by atoms with Crippen molar-refractivity contribution in [1.82, 2.24) is 9.78 Å². The Morgan fingerprint density at radius 1 is 1.35 bits per heavy atom. The lowest BCUT2D eigenvalue weighted by atomic mass is 10.2. The van der Waals surface area contributed by atoms with Crippen molar-refractivity contribution in [2.24, 2.45) is 5.73 Å². The van der Waals surface area contributed by atoms with Gasteiger partial charge >= 0.3 is 12.2 Å². The fourth-order valence-electron chi connectivity index (χ4n) is 1.69. The minimum Gasteiger partial charge on any atom is -0.351 e. The maximum Gasteiger partial charge on any atom is 0.435 e. The van der Waals surface area contributed by atoms with E-state index in [1.807, 2.05) is 0 Å². The largest absolute Gasteiger partial charge is 0.435 e. The number of alkyl halides is 3. The van der Waals surface area contributed by atoms with Crippen LogP contribution in [-0.4, -0.2) is 15.8 Å². The highest BCUT2D eigenvalue weighted by atomic mass is 19.4. The molecule has 1 heterocycles. The lowest BCUT2D eigenvalue weighted by molar-refractivity contribution is -0.141. The van der Waals surface area contributed by atoms with E-state index in [1.165, 1.54) is 0 Å². The Morgan fingerprint density at radius 3 is 2.60 bits per heavy atom. The number of aromatic nitrogens is 2. The third-order valence-electron chi connectivity index (χ3n) is 2.50. The summed E-state index contributed by atoms with van der Waals surface area (Å²) in [4.78, 5) is 10.9. The van der Waals surface area contributed by atoms with Gasteiger partial charge in [0.15, 0.2) is 5.69 Å². The number of aryl methyl sites for hydroxylation is 1. The van der Waals surface area contributed by atoms with Crippen molar-refractivity contribution in [1.29, 1.82) is 0 Å². The molecule has 5 nitrogen and oxygen atoms in total. The molecule has 106 valence electrons. The molecule has 20 heavy (non-hydrogen) atoms. The van der Waals surface area contributed by atoms with Crippen LogP contribution in [0.2, 0.25) is 0 Å². The molecular weight excluding hydrogens is 273 g/mol. The molecule has 1 aromatic heterocycles. The van der Waals surface area contributed by atoms with E-state index in [9.17, 15) is 18.0 Å². The zero-order valence-electron chi connectivity index (χ0n) is 10.4. The maximum absolute atomic E-state index is 12.7. The van der Waals surface area contributed by atoms with Crippen LogP contribution in [0.3, 0.4) is 0 Å². The molecule has 0 unspecified atom stereocenters. The summed E-state index contributed by atoms with van der Waals surface area (Å²) in [6.45, 7) is 1.79. The number of hydrogen-bond donors (Lipinski definition) is 2. The number of nitrogens with one attached hydrogen (secondary N) is 1. The topological polar surface area (TPSA) is 72.9 Å². The van der Waals surface area contributed by atoms with Crippen LogP contribution < -0.4 is 11.1 Å². The smallest absolute Gasteiger partial charge is 0.351 e. The molecular formula is C12H11F3N4O. The Kier molecular flexibility index (Phi) is 3.39. The van der Waals surface area contributed by atoms with Crippen LogP contribution in [0.15, 0.2) is 30.3 Å². The summed E-state index contributed by atoms with van der Waals surface area (Å²) < 4.78 is 39.1. The summed E-state index contributed by atoms with van der Waals surface area (Å²) in [5, 5.41) is 5.59. The van der Waals surface area contributed by atoms with Crippen LogP contribution in [0.1, 0.15) is 11.3 Å². The van der Waals surface area contributed by atoms with Gasteiger partial charge in [-0.1, -0.05) is 12.1 Å². The monoisotopic (exact) mass is 284 g/mol. The average molecular weight is 284 g/mol. The van der Waals surface area contributed by atoms with Gasteiger partial charge in [0, 0.05) is 6.07 Å². The number of halogens is 3. The first-order chi connectivity index (χ1) is 9.27. The molecule has 0 aliphatic carbocycles. The Bertz CT molecular complexity index is 648. The number of carbonyl (C=O) groups is 1. The van der Waals surface area contributed by atoms with E-state index in [1.54, 1.807) is 31.2 Å². The molecule has 1 aromatic carbocycles. The first-order valence-electron chi connectivity index (χ1n) is 5.58. The number of carbonyl (C=O) groups excluding carboxylic acids is 1. The van der Waals surface area contributed by atoms with Gasteiger partial charge in [-0.25, -0.2) is 9.48 Å². The van der Waals surface area contributed by atoms with Crippen molar-refractivity contribution in [2.75, 3.05) is 5.32 Å². The van der Waals surface area contributed by atoms with Gasteiger partial charge in [0.2, 0.25) is 0 Å². The lowest BCUT2D eigenvalue weighted by Crippen LogP contribution is -2.21. The molecule has 3 N–H and O–H groups in total. The molecule has 0 radical (unpaired) electrons. The standard InChI is InChI=1S/C12H11F3N4O/c1-7-3-2-4-8(5-7)19-10(17-11(16)20)6-9(18-19)12(13,14)15/h2-6H,1H3,(H3,16,17,20). The number of nitrogens with two attached hydrogens (primary N) is 1. The zero-order chi connectivity index (χ0) is 14.9. The second kappa shape index (κ2) is 4.87. The van der Waals surface area contributed by atoms with Gasteiger partial charge in [-0.15, -0.1) is 0 Å². The lowest BCUT2D eigenvalue weighted by Gasteiger charge is -2.07. The predicted octanol–water partition coefficient (Wildman–Crippen LogP) is 2.69. The minimum absolute atomic E-state index is 0.143. The molecule has 0 aliphatic heterocycles. The van der Waals surface area contributed by atoms with Crippen LogP contribution in [0.25, 0.3) is 5.69 Å². The van der Waals surface area contributed by atoms with Crippen molar-refractivity contribution >= 4 is 11.8 Å². The second-order valence-electron chi connectivity index (χ2n) is 4.15.